The summed E-state index contributed by atoms with van der Waals surface area (Å²) in [5.41, 5.74) is -1.22. The first kappa shape index (κ1) is 22.1. The van der Waals surface area contributed by atoms with Gasteiger partial charge in [-0.05, 0) is 55.7 Å². The Hall–Kier alpha value is -2.59. The number of fused-ring (bicyclic) bond motifs is 1. The molecule has 2 aromatic carbocycles. The van der Waals surface area contributed by atoms with Gasteiger partial charge in [-0.25, -0.2) is 9.18 Å². The maximum atomic E-state index is 14.2. The van der Waals surface area contributed by atoms with Gasteiger partial charge in [-0.3, -0.25) is 0 Å². The minimum atomic E-state index is -4.74. The molecule has 5 nitrogen and oxygen atoms in total. The molecule has 0 N–H and O–H groups in total. The van der Waals surface area contributed by atoms with Gasteiger partial charge in [0.2, 0.25) is 5.88 Å². The first-order valence-electron chi connectivity index (χ1n) is 8.57. The van der Waals surface area contributed by atoms with E-state index in [0.717, 1.165) is 11.5 Å². The van der Waals surface area contributed by atoms with Crippen molar-refractivity contribution in [1.82, 2.24) is 4.37 Å². The molecule has 0 saturated heterocycles. The van der Waals surface area contributed by atoms with Gasteiger partial charge in [-0.1, -0.05) is 11.6 Å². The number of rotatable bonds is 6. The van der Waals surface area contributed by atoms with E-state index in [9.17, 15) is 22.4 Å². The van der Waals surface area contributed by atoms with E-state index in [1.54, 1.807) is 13.0 Å². The van der Waals surface area contributed by atoms with Crippen LogP contribution in [0.3, 0.4) is 0 Å². The molecule has 0 fully saturated rings. The summed E-state index contributed by atoms with van der Waals surface area (Å²) in [5.74, 6) is -2.14. The quantitative estimate of drug-likeness (QED) is 0.320. The molecule has 0 aliphatic heterocycles. The summed E-state index contributed by atoms with van der Waals surface area (Å²) in [7, 11) is 0. The Morgan fingerprint density at radius 1 is 1.27 bits per heavy atom. The van der Waals surface area contributed by atoms with Crippen molar-refractivity contribution in [3.05, 3.63) is 46.7 Å². The molecule has 3 rings (SSSR count). The number of hydrogen-bond acceptors (Lipinski definition) is 6. The Morgan fingerprint density at radius 3 is 2.63 bits per heavy atom. The van der Waals surface area contributed by atoms with Crippen LogP contribution in [-0.4, -0.2) is 23.1 Å². The average Bonchev–Trinajstić information content (AvgIpc) is 3.06. The van der Waals surface area contributed by atoms with Gasteiger partial charge < -0.3 is 14.2 Å². The van der Waals surface area contributed by atoms with Crippen molar-refractivity contribution >= 4 is 39.2 Å². The van der Waals surface area contributed by atoms with Crippen LogP contribution in [0.4, 0.5) is 17.6 Å². The van der Waals surface area contributed by atoms with Crippen LogP contribution in [0.15, 0.2) is 30.3 Å². The van der Waals surface area contributed by atoms with Crippen molar-refractivity contribution < 1.29 is 36.6 Å². The number of aromatic nitrogens is 1. The van der Waals surface area contributed by atoms with Gasteiger partial charge in [-0.2, -0.15) is 17.5 Å². The van der Waals surface area contributed by atoms with E-state index < -0.39 is 40.4 Å². The summed E-state index contributed by atoms with van der Waals surface area (Å²) in [5, 5.41) is -0.0598. The molecule has 1 unspecified atom stereocenters. The fourth-order valence-electron chi connectivity index (χ4n) is 2.46. The number of carbonyl (C=O) groups excluding carboxylic acids is 1. The second-order valence-corrected chi connectivity index (χ2v) is 7.24. The monoisotopic (exact) mass is 463 g/mol. The maximum Gasteiger partial charge on any atom is 0.416 e. The van der Waals surface area contributed by atoms with Gasteiger partial charge in [0.25, 0.3) is 0 Å². The number of benzene rings is 2. The molecule has 0 aliphatic carbocycles. The first-order valence-corrected chi connectivity index (χ1v) is 9.72. The van der Waals surface area contributed by atoms with Crippen molar-refractivity contribution in [2.24, 2.45) is 0 Å². The summed E-state index contributed by atoms with van der Waals surface area (Å²) in [4.78, 5) is 11.8. The van der Waals surface area contributed by atoms with Crippen LogP contribution in [0.1, 0.15) is 19.4 Å². The minimum Gasteiger partial charge on any atom is -0.463 e. The zero-order valence-electron chi connectivity index (χ0n) is 15.5. The van der Waals surface area contributed by atoms with Crippen LogP contribution in [0.25, 0.3) is 10.1 Å². The summed E-state index contributed by atoms with van der Waals surface area (Å²) in [6, 6.07) is 5.44. The van der Waals surface area contributed by atoms with E-state index in [0.29, 0.717) is 22.2 Å². The van der Waals surface area contributed by atoms with Crippen LogP contribution in [0.2, 0.25) is 5.02 Å². The number of ether oxygens (including phenoxy) is 3. The van der Waals surface area contributed by atoms with E-state index in [-0.39, 0.29) is 18.2 Å². The molecule has 0 bridgehead atoms. The zero-order valence-corrected chi connectivity index (χ0v) is 17.1. The molecule has 3 aromatic rings. The Kier molecular flexibility index (Phi) is 6.37. The lowest BCUT2D eigenvalue weighted by Gasteiger charge is -2.13. The number of hydrogen-bond donors (Lipinski definition) is 0. The Balaban J connectivity index is 1.89. The van der Waals surface area contributed by atoms with Gasteiger partial charge in [0.1, 0.15) is 5.75 Å². The molecule has 0 aliphatic rings. The zero-order chi connectivity index (χ0) is 22.1. The van der Waals surface area contributed by atoms with Crippen LogP contribution in [-0.2, 0) is 15.7 Å². The normalized spacial score (nSPS) is 12.6. The average molecular weight is 464 g/mol. The van der Waals surface area contributed by atoms with Gasteiger partial charge in [-0.15, -0.1) is 0 Å². The van der Waals surface area contributed by atoms with Crippen molar-refractivity contribution in [1.29, 1.82) is 0 Å². The van der Waals surface area contributed by atoms with E-state index in [1.807, 2.05) is 0 Å². The third kappa shape index (κ3) is 4.76. The Bertz CT molecular complexity index is 1060. The van der Waals surface area contributed by atoms with Crippen molar-refractivity contribution in [2.75, 3.05) is 6.61 Å². The highest BCUT2D eigenvalue weighted by Crippen LogP contribution is 2.40. The molecule has 160 valence electrons. The standard InChI is InChI=1S/C19H14ClF4NO4S/c1-3-27-18(26)9(2)28-17-12-8-11(4-5-15(12)30-25-17)29-16-13(20)6-10(7-14(16)21)19(22,23)24/h4-9H,3H2,1-2H3. The smallest absolute Gasteiger partial charge is 0.416 e. The number of carbonyl (C=O) groups is 1. The summed E-state index contributed by atoms with van der Waals surface area (Å²) in [6.45, 7) is 3.36. The predicted molar refractivity (Wildman–Crippen MR) is 103 cm³/mol. The second-order valence-electron chi connectivity index (χ2n) is 6.03. The van der Waals surface area contributed by atoms with E-state index in [1.165, 1.54) is 19.1 Å². The lowest BCUT2D eigenvalue weighted by molar-refractivity contribution is -0.150. The Labute approximate surface area is 177 Å². The third-order valence-electron chi connectivity index (χ3n) is 3.86. The molecule has 0 saturated carbocycles. The van der Waals surface area contributed by atoms with Gasteiger partial charge in [0.05, 0.1) is 27.3 Å². The largest absolute Gasteiger partial charge is 0.463 e. The van der Waals surface area contributed by atoms with Crippen LogP contribution < -0.4 is 9.47 Å². The van der Waals surface area contributed by atoms with Crippen molar-refractivity contribution in [3.8, 4) is 17.4 Å². The van der Waals surface area contributed by atoms with Crippen LogP contribution in [0.5, 0.6) is 17.4 Å². The molecular formula is C19H14ClF4NO4S. The third-order valence-corrected chi connectivity index (χ3v) is 4.95. The highest BCUT2D eigenvalue weighted by Gasteiger charge is 2.32. The lowest BCUT2D eigenvalue weighted by Crippen LogP contribution is -2.26. The molecule has 1 heterocycles. The predicted octanol–water partition coefficient (Wildman–Crippen LogP) is 6.23. The minimum absolute atomic E-state index is 0.0943. The number of nitrogens with zero attached hydrogens (tertiary/aromatic N) is 1. The first-order chi connectivity index (χ1) is 14.1. The number of halogens is 5. The summed E-state index contributed by atoms with van der Waals surface area (Å²) < 4.78 is 73.2. The molecule has 11 heteroatoms. The van der Waals surface area contributed by atoms with E-state index in [2.05, 4.69) is 4.37 Å². The molecular weight excluding hydrogens is 450 g/mol. The van der Waals surface area contributed by atoms with Crippen LogP contribution >= 0.6 is 23.1 Å². The molecule has 1 atom stereocenters. The maximum absolute atomic E-state index is 14.2. The molecule has 0 amide bonds. The molecule has 1 aromatic heterocycles. The lowest BCUT2D eigenvalue weighted by atomic mass is 10.2. The van der Waals surface area contributed by atoms with E-state index >= 15 is 0 Å². The van der Waals surface area contributed by atoms with Gasteiger partial charge in [0.15, 0.2) is 17.7 Å². The van der Waals surface area contributed by atoms with Crippen LogP contribution in [0, 0.1) is 5.82 Å². The summed E-state index contributed by atoms with van der Waals surface area (Å²) >= 11 is 6.90. The second kappa shape index (κ2) is 8.65. The highest BCUT2D eigenvalue weighted by molar-refractivity contribution is 7.13. The number of esters is 1. The van der Waals surface area contributed by atoms with Gasteiger partial charge in [0, 0.05) is 0 Å². The number of alkyl halides is 3. The summed E-state index contributed by atoms with van der Waals surface area (Å²) in [6.07, 6.45) is -5.66. The fraction of sp³-hybridized carbons (Fsp3) is 0.263. The van der Waals surface area contributed by atoms with E-state index in [4.69, 9.17) is 25.8 Å². The van der Waals surface area contributed by atoms with Crippen molar-refractivity contribution in [3.63, 3.8) is 0 Å². The molecule has 0 spiro atoms. The fourth-order valence-corrected chi connectivity index (χ4v) is 3.40. The Morgan fingerprint density at radius 2 is 2.00 bits per heavy atom. The SMILES string of the molecule is CCOC(=O)C(C)Oc1nsc2ccc(Oc3c(F)cc(C(F)(F)F)cc3Cl)cc12. The molecule has 0 radical (unpaired) electrons. The molecule has 30 heavy (non-hydrogen) atoms. The van der Waals surface area contributed by atoms with Crippen molar-refractivity contribution in [2.45, 2.75) is 26.1 Å². The van der Waals surface area contributed by atoms with Gasteiger partial charge >= 0.3 is 12.1 Å². The highest BCUT2D eigenvalue weighted by atomic mass is 35.5. The topological polar surface area (TPSA) is 57.7 Å².